The molecular weight excluding hydrogens is 371 g/mol. The standard InChI is InChI=1S/C20H18ClFN2O3/c21-15-7-6-14(8-16(15)22)27-9-17(25)24-20-10-19(11-20,12-20)18(26)23-13-4-2-1-3-5-13/h1-8H,9-12H2,(H,23,26)(H,24,25). The first-order valence-corrected chi connectivity index (χ1v) is 9.03. The van der Waals surface area contributed by atoms with Crippen LogP contribution in [-0.2, 0) is 9.59 Å². The van der Waals surface area contributed by atoms with Crippen LogP contribution < -0.4 is 15.4 Å². The molecule has 2 bridgehead atoms. The normalized spacial score (nSPS) is 25.0. The van der Waals surface area contributed by atoms with Crippen molar-refractivity contribution in [1.82, 2.24) is 5.32 Å². The monoisotopic (exact) mass is 388 g/mol. The van der Waals surface area contributed by atoms with Gasteiger partial charge in [0.1, 0.15) is 11.6 Å². The third-order valence-electron chi connectivity index (χ3n) is 5.21. The van der Waals surface area contributed by atoms with Gasteiger partial charge in [0.05, 0.1) is 10.4 Å². The van der Waals surface area contributed by atoms with Gasteiger partial charge < -0.3 is 15.4 Å². The maximum atomic E-state index is 13.4. The average molecular weight is 389 g/mol. The second-order valence-electron chi connectivity index (χ2n) is 7.32. The highest BCUT2D eigenvalue weighted by Gasteiger charge is 2.72. The quantitative estimate of drug-likeness (QED) is 0.795. The van der Waals surface area contributed by atoms with Crippen LogP contribution in [0, 0.1) is 11.2 Å². The van der Waals surface area contributed by atoms with Gasteiger partial charge in [-0.1, -0.05) is 29.8 Å². The van der Waals surface area contributed by atoms with Crippen molar-refractivity contribution in [3.05, 3.63) is 59.4 Å². The number of hydrogen-bond donors (Lipinski definition) is 2. The zero-order valence-corrected chi connectivity index (χ0v) is 15.2. The molecule has 3 aliphatic carbocycles. The van der Waals surface area contributed by atoms with Gasteiger partial charge in [0.15, 0.2) is 6.61 Å². The van der Waals surface area contributed by atoms with E-state index in [0.29, 0.717) is 19.3 Å². The Morgan fingerprint density at radius 3 is 2.48 bits per heavy atom. The number of carbonyl (C=O) groups is 2. The van der Waals surface area contributed by atoms with Crippen LogP contribution in [0.5, 0.6) is 5.75 Å². The smallest absolute Gasteiger partial charge is 0.258 e. The lowest BCUT2D eigenvalue weighted by Gasteiger charge is -2.69. The summed E-state index contributed by atoms with van der Waals surface area (Å²) in [4.78, 5) is 24.6. The number of ether oxygens (including phenoxy) is 1. The Labute approximate surface area is 160 Å². The fourth-order valence-electron chi connectivity index (χ4n) is 3.99. The fraction of sp³-hybridized carbons (Fsp3) is 0.300. The number of rotatable bonds is 6. The van der Waals surface area contributed by atoms with E-state index in [2.05, 4.69) is 10.6 Å². The summed E-state index contributed by atoms with van der Waals surface area (Å²) in [5.41, 5.74) is 0.0668. The number of anilines is 1. The van der Waals surface area contributed by atoms with E-state index in [1.54, 1.807) is 0 Å². The third-order valence-corrected chi connectivity index (χ3v) is 5.52. The number of halogens is 2. The van der Waals surface area contributed by atoms with E-state index in [-0.39, 0.29) is 40.1 Å². The molecule has 0 spiro atoms. The minimum Gasteiger partial charge on any atom is -0.484 e. The summed E-state index contributed by atoms with van der Waals surface area (Å²) in [5, 5.41) is 5.86. The van der Waals surface area contributed by atoms with E-state index < -0.39 is 5.82 Å². The Balaban J connectivity index is 1.25. The predicted molar refractivity (Wildman–Crippen MR) is 99.1 cm³/mol. The Morgan fingerprint density at radius 2 is 1.81 bits per heavy atom. The lowest BCUT2D eigenvalue weighted by molar-refractivity contribution is -0.179. The Bertz CT molecular complexity index is 884. The molecule has 0 radical (unpaired) electrons. The molecule has 7 heteroatoms. The topological polar surface area (TPSA) is 67.4 Å². The molecule has 2 amide bonds. The van der Waals surface area contributed by atoms with Crippen molar-refractivity contribution < 1.29 is 18.7 Å². The molecule has 0 aromatic heterocycles. The van der Waals surface area contributed by atoms with E-state index >= 15 is 0 Å². The summed E-state index contributed by atoms with van der Waals surface area (Å²) < 4.78 is 18.7. The van der Waals surface area contributed by atoms with Crippen molar-refractivity contribution in [1.29, 1.82) is 0 Å². The van der Waals surface area contributed by atoms with Crippen LogP contribution >= 0.6 is 11.6 Å². The molecule has 0 unspecified atom stereocenters. The minimum atomic E-state index is -0.597. The third kappa shape index (κ3) is 3.37. The van der Waals surface area contributed by atoms with Gasteiger partial charge in [-0.25, -0.2) is 4.39 Å². The molecule has 3 fully saturated rings. The lowest BCUT2D eigenvalue weighted by Crippen LogP contribution is -2.78. The molecule has 0 atom stereocenters. The van der Waals surface area contributed by atoms with Crippen LogP contribution in [0.25, 0.3) is 0 Å². The molecule has 0 saturated heterocycles. The van der Waals surface area contributed by atoms with Crippen LogP contribution in [-0.4, -0.2) is 24.0 Å². The van der Waals surface area contributed by atoms with E-state index in [1.165, 1.54) is 12.1 Å². The SMILES string of the molecule is O=C(COc1ccc(Cl)c(F)c1)NC12CC(C(=O)Nc3ccccc3)(C1)C2. The Kier molecular flexibility index (Phi) is 4.30. The van der Waals surface area contributed by atoms with Gasteiger partial charge >= 0.3 is 0 Å². The van der Waals surface area contributed by atoms with Crippen molar-refractivity contribution in [2.45, 2.75) is 24.8 Å². The zero-order chi connectivity index (χ0) is 19.1. The molecule has 3 saturated carbocycles. The summed E-state index contributed by atoms with van der Waals surface area (Å²) in [6, 6.07) is 13.3. The zero-order valence-electron chi connectivity index (χ0n) is 14.4. The van der Waals surface area contributed by atoms with Gasteiger partial charge in [-0.3, -0.25) is 9.59 Å². The van der Waals surface area contributed by atoms with E-state index in [9.17, 15) is 14.0 Å². The second kappa shape index (κ2) is 6.53. The summed E-state index contributed by atoms with van der Waals surface area (Å²) >= 11 is 5.61. The van der Waals surface area contributed by atoms with Gasteiger partial charge in [-0.05, 0) is 43.5 Å². The molecule has 0 aliphatic heterocycles. The highest BCUT2D eigenvalue weighted by Crippen LogP contribution is 2.67. The molecule has 27 heavy (non-hydrogen) atoms. The summed E-state index contributed by atoms with van der Waals surface area (Å²) in [7, 11) is 0. The van der Waals surface area contributed by atoms with Crippen molar-refractivity contribution in [3.63, 3.8) is 0 Å². The van der Waals surface area contributed by atoms with E-state index in [0.717, 1.165) is 11.8 Å². The highest BCUT2D eigenvalue weighted by atomic mass is 35.5. The Morgan fingerprint density at radius 1 is 1.11 bits per heavy atom. The fourth-order valence-corrected chi connectivity index (χ4v) is 4.11. The van der Waals surface area contributed by atoms with Crippen LogP contribution in [0.3, 0.4) is 0 Å². The van der Waals surface area contributed by atoms with Gasteiger partial charge in [0.25, 0.3) is 5.91 Å². The molecule has 0 heterocycles. The molecule has 3 aliphatic rings. The largest absolute Gasteiger partial charge is 0.484 e. The first-order chi connectivity index (χ1) is 12.9. The first kappa shape index (κ1) is 17.8. The molecule has 5 rings (SSSR count). The first-order valence-electron chi connectivity index (χ1n) is 8.65. The van der Waals surface area contributed by atoms with Crippen LogP contribution in [0.4, 0.5) is 10.1 Å². The molecule has 2 aromatic carbocycles. The number of hydrogen-bond acceptors (Lipinski definition) is 3. The van der Waals surface area contributed by atoms with Crippen LogP contribution in [0.2, 0.25) is 5.02 Å². The second-order valence-corrected chi connectivity index (χ2v) is 7.73. The van der Waals surface area contributed by atoms with Crippen molar-refractivity contribution in [2.75, 3.05) is 11.9 Å². The van der Waals surface area contributed by atoms with Crippen molar-refractivity contribution >= 4 is 29.1 Å². The summed E-state index contributed by atoms with van der Waals surface area (Å²) in [6.07, 6.45) is 1.87. The van der Waals surface area contributed by atoms with Crippen molar-refractivity contribution in [3.8, 4) is 5.75 Å². The highest BCUT2D eigenvalue weighted by molar-refractivity contribution is 6.30. The van der Waals surface area contributed by atoms with Gasteiger partial charge in [0, 0.05) is 17.3 Å². The molecular formula is C20H18ClFN2O3. The van der Waals surface area contributed by atoms with Gasteiger partial charge in [0.2, 0.25) is 5.91 Å². The van der Waals surface area contributed by atoms with Crippen LogP contribution in [0.15, 0.2) is 48.5 Å². The molecule has 2 aromatic rings. The van der Waals surface area contributed by atoms with E-state index in [1.807, 2.05) is 30.3 Å². The number of carbonyl (C=O) groups excluding carboxylic acids is 2. The average Bonchev–Trinajstić information content (AvgIpc) is 2.58. The summed E-state index contributed by atoms with van der Waals surface area (Å²) in [5.74, 6) is -0.649. The minimum absolute atomic E-state index is 0.000236. The van der Waals surface area contributed by atoms with Crippen LogP contribution in [0.1, 0.15) is 19.3 Å². The summed E-state index contributed by atoms with van der Waals surface area (Å²) in [6.45, 7) is -0.216. The lowest BCUT2D eigenvalue weighted by atomic mass is 9.39. The maximum Gasteiger partial charge on any atom is 0.258 e. The maximum absolute atomic E-state index is 13.4. The predicted octanol–water partition coefficient (Wildman–Crippen LogP) is 3.54. The van der Waals surface area contributed by atoms with Gasteiger partial charge in [-0.15, -0.1) is 0 Å². The van der Waals surface area contributed by atoms with Gasteiger partial charge in [-0.2, -0.15) is 0 Å². The number of amides is 2. The number of benzene rings is 2. The molecule has 5 nitrogen and oxygen atoms in total. The molecule has 2 N–H and O–H groups in total. The number of nitrogens with one attached hydrogen (secondary N) is 2. The number of para-hydroxylation sites is 1. The Hall–Kier alpha value is -2.60. The van der Waals surface area contributed by atoms with Crippen molar-refractivity contribution in [2.24, 2.45) is 5.41 Å². The molecule has 140 valence electrons. The van der Waals surface area contributed by atoms with E-state index in [4.69, 9.17) is 16.3 Å².